The maximum atomic E-state index is 12.8. The Bertz CT molecular complexity index is 1230. The minimum absolute atomic E-state index is 0.106. The Balaban J connectivity index is 1.25. The summed E-state index contributed by atoms with van der Waals surface area (Å²) in [5.41, 5.74) is 11.3. The van der Waals surface area contributed by atoms with E-state index in [2.05, 4.69) is 34.6 Å². The Labute approximate surface area is 198 Å². The molecule has 0 unspecified atom stereocenters. The van der Waals surface area contributed by atoms with Gasteiger partial charge >= 0.3 is 0 Å². The second-order valence-electron chi connectivity index (χ2n) is 8.81. The highest BCUT2D eigenvalue weighted by atomic mass is 35.5. The first-order valence-corrected chi connectivity index (χ1v) is 11.7. The zero-order valence-electron chi connectivity index (χ0n) is 18.3. The molecule has 2 aromatic heterocycles. The van der Waals surface area contributed by atoms with E-state index >= 15 is 0 Å². The van der Waals surface area contributed by atoms with Gasteiger partial charge in [0.1, 0.15) is 12.4 Å². The molecule has 1 fully saturated rings. The first kappa shape index (κ1) is 21.9. The van der Waals surface area contributed by atoms with Gasteiger partial charge in [-0.25, -0.2) is 0 Å². The number of pyridine rings is 2. The lowest BCUT2D eigenvalue weighted by atomic mass is 9.87. The minimum Gasteiger partial charge on any atom is -0.487 e. The number of hydrogen-bond acceptors (Lipinski definition) is 5. The van der Waals surface area contributed by atoms with Gasteiger partial charge < -0.3 is 15.8 Å². The molecule has 2 aliphatic rings. The lowest BCUT2D eigenvalue weighted by molar-refractivity contribution is 0.291. The molecule has 2 aliphatic carbocycles. The van der Waals surface area contributed by atoms with Crippen LogP contribution in [0.25, 0.3) is 11.8 Å². The van der Waals surface area contributed by atoms with Gasteiger partial charge in [0, 0.05) is 42.8 Å². The van der Waals surface area contributed by atoms with Gasteiger partial charge in [0.05, 0.1) is 10.7 Å². The van der Waals surface area contributed by atoms with Crippen molar-refractivity contribution in [2.24, 2.45) is 5.73 Å². The highest BCUT2D eigenvalue weighted by Crippen LogP contribution is 2.27. The van der Waals surface area contributed by atoms with Crippen LogP contribution in [0.1, 0.15) is 41.6 Å². The second-order valence-corrected chi connectivity index (χ2v) is 9.24. The molecule has 33 heavy (non-hydrogen) atoms. The average Bonchev–Trinajstić information content (AvgIpc) is 2.80. The number of fused-ring (bicyclic) bond motifs is 1. The summed E-state index contributed by atoms with van der Waals surface area (Å²) in [5, 5.41) is 4.16. The fraction of sp³-hybridized carbons (Fsp3) is 0.308. The van der Waals surface area contributed by atoms with Crippen molar-refractivity contribution in [3.63, 3.8) is 0 Å². The Morgan fingerprint density at radius 2 is 2.03 bits per heavy atom. The number of nitrogens with one attached hydrogen (secondary N) is 1. The van der Waals surface area contributed by atoms with Gasteiger partial charge in [0.25, 0.3) is 5.56 Å². The second kappa shape index (κ2) is 9.51. The number of benzene rings is 1. The number of hydrogen-bond donors (Lipinski definition) is 2. The molecule has 0 atom stereocenters. The largest absolute Gasteiger partial charge is 0.487 e. The van der Waals surface area contributed by atoms with E-state index in [9.17, 15) is 4.79 Å². The molecular weight excluding hydrogens is 436 g/mol. The van der Waals surface area contributed by atoms with Crippen LogP contribution in [0.4, 0.5) is 0 Å². The molecule has 3 N–H and O–H groups in total. The third-order valence-corrected chi connectivity index (χ3v) is 6.55. The molecule has 170 valence electrons. The van der Waals surface area contributed by atoms with E-state index in [1.807, 2.05) is 6.07 Å². The molecule has 1 aromatic carbocycles. The Kier molecular flexibility index (Phi) is 6.31. The quantitative estimate of drug-likeness (QED) is 0.554. The third-order valence-electron chi connectivity index (χ3n) is 6.33. The Morgan fingerprint density at radius 3 is 2.79 bits per heavy atom. The van der Waals surface area contributed by atoms with Crippen molar-refractivity contribution in [2.45, 2.75) is 50.9 Å². The maximum Gasteiger partial charge on any atom is 0.258 e. The lowest BCUT2D eigenvalue weighted by Crippen LogP contribution is -2.48. The molecule has 0 aliphatic heterocycles. The summed E-state index contributed by atoms with van der Waals surface area (Å²) in [6.07, 6.45) is 9.33. The highest BCUT2D eigenvalue weighted by molar-refractivity contribution is 6.30. The fourth-order valence-electron chi connectivity index (χ4n) is 4.36. The third kappa shape index (κ3) is 5.19. The van der Waals surface area contributed by atoms with Crippen LogP contribution in [-0.2, 0) is 19.6 Å². The van der Waals surface area contributed by atoms with Gasteiger partial charge in [0.2, 0.25) is 0 Å². The molecule has 0 spiro atoms. The molecule has 0 amide bonds. The lowest BCUT2D eigenvalue weighted by Gasteiger charge is -2.33. The monoisotopic (exact) mass is 462 g/mol. The number of nitrogens with zero attached hydrogens (tertiary/aromatic N) is 2. The van der Waals surface area contributed by atoms with E-state index in [0.29, 0.717) is 22.9 Å². The molecule has 1 saturated carbocycles. The smallest absolute Gasteiger partial charge is 0.258 e. The van der Waals surface area contributed by atoms with Crippen LogP contribution in [0, 0.1) is 0 Å². The summed E-state index contributed by atoms with van der Waals surface area (Å²) in [7, 11) is 0. The van der Waals surface area contributed by atoms with E-state index in [1.54, 1.807) is 29.1 Å². The molecule has 2 heterocycles. The summed E-state index contributed by atoms with van der Waals surface area (Å²) in [5.74, 6) is 0.523. The Hall–Kier alpha value is -2.93. The van der Waals surface area contributed by atoms with E-state index in [4.69, 9.17) is 22.1 Å². The van der Waals surface area contributed by atoms with Gasteiger partial charge in [-0.05, 0) is 66.6 Å². The summed E-state index contributed by atoms with van der Waals surface area (Å²) in [4.78, 5) is 17.0. The number of aromatic nitrogens is 2. The van der Waals surface area contributed by atoms with Gasteiger partial charge in [-0.2, -0.15) is 0 Å². The highest BCUT2D eigenvalue weighted by Gasteiger charge is 2.25. The Morgan fingerprint density at radius 1 is 1.15 bits per heavy atom. The summed E-state index contributed by atoms with van der Waals surface area (Å²) in [6.45, 7) is 1.15. The summed E-state index contributed by atoms with van der Waals surface area (Å²) in [6, 6.07) is 14.4. The van der Waals surface area contributed by atoms with Crippen LogP contribution < -0.4 is 21.3 Å². The summed E-state index contributed by atoms with van der Waals surface area (Å²) >= 11 is 5.86. The van der Waals surface area contributed by atoms with Gasteiger partial charge in [-0.15, -0.1) is 0 Å². The van der Waals surface area contributed by atoms with Crippen molar-refractivity contribution in [3.05, 3.63) is 92.6 Å². The molecule has 7 heteroatoms. The van der Waals surface area contributed by atoms with Crippen molar-refractivity contribution in [1.29, 1.82) is 0 Å². The van der Waals surface area contributed by atoms with Gasteiger partial charge in [-0.3, -0.25) is 14.3 Å². The average molecular weight is 463 g/mol. The van der Waals surface area contributed by atoms with Gasteiger partial charge in [0.15, 0.2) is 0 Å². The van der Waals surface area contributed by atoms with Crippen molar-refractivity contribution in [3.8, 4) is 5.75 Å². The number of allylic oxidation sites excluding steroid dienone is 1. The molecule has 5 rings (SSSR count). The van der Waals surface area contributed by atoms with Gasteiger partial charge in [-0.1, -0.05) is 29.8 Å². The SMILES string of the molecule is NC1CC(NCc2ccc3c(c2)CCC(n2ccc(OCc4ccc(Cl)cn4)cc2=O)=C3)C1. The number of halogens is 1. The molecule has 0 saturated heterocycles. The first-order chi connectivity index (χ1) is 16.0. The first-order valence-electron chi connectivity index (χ1n) is 11.3. The summed E-state index contributed by atoms with van der Waals surface area (Å²) < 4.78 is 7.43. The van der Waals surface area contributed by atoms with Crippen molar-refractivity contribution in [1.82, 2.24) is 14.9 Å². The van der Waals surface area contributed by atoms with Crippen LogP contribution >= 0.6 is 11.6 Å². The standard InChI is InChI=1S/C26H27ClN4O2/c27-20-4-5-22(30-15-20)16-33-25-7-8-31(26(32)13-25)24-6-3-18-9-17(1-2-19(18)10-24)14-29-23-11-21(28)12-23/h1-2,4-5,7-10,13,15,21,23,29H,3,6,11-12,14,16,28H2. The van der Waals surface area contributed by atoms with Crippen LogP contribution in [0.3, 0.4) is 0 Å². The maximum absolute atomic E-state index is 12.8. The minimum atomic E-state index is -0.106. The van der Waals surface area contributed by atoms with Crippen LogP contribution in [0.15, 0.2) is 59.7 Å². The molecular formula is C26H27ClN4O2. The van der Waals surface area contributed by atoms with Crippen LogP contribution in [0.5, 0.6) is 5.75 Å². The van der Waals surface area contributed by atoms with Crippen LogP contribution in [-0.4, -0.2) is 21.6 Å². The molecule has 3 aromatic rings. The van der Waals surface area contributed by atoms with E-state index in [0.717, 1.165) is 43.6 Å². The zero-order chi connectivity index (χ0) is 22.8. The molecule has 0 radical (unpaired) electrons. The normalized spacial score (nSPS) is 19.4. The zero-order valence-corrected chi connectivity index (χ0v) is 19.1. The van der Waals surface area contributed by atoms with Crippen LogP contribution in [0.2, 0.25) is 5.02 Å². The van der Waals surface area contributed by atoms with Crippen molar-refractivity contribution < 1.29 is 4.74 Å². The van der Waals surface area contributed by atoms with E-state index in [1.165, 1.54) is 22.8 Å². The van der Waals surface area contributed by atoms with E-state index < -0.39 is 0 Å². The topological polar surface area (TPSA) is 82.2 Å². The number of rotatable bonds is 7. The number of ether oxygens (including phenoxy) is 1. The molecule has 0 bridgehead atoms. The predicted octanol–water partition coefficient (Wildman–Crippen LogP) is 4.00. The van der Waals surface area contributed by atoms with E-state index in [-0.39, 0.29) is 12.2 Å². The predicted molar refractivity (Wildman–Crippen MR) is 131 cm³/mol. The van der Waals surface area contributed by atoms with Crippen molar-refractivity contribution in [2.75, 3.05) is 0 Å². The molecule has 6 nitrogen and oxygen atoms in total. The number of nitrogens with two attached hydrogens (primary N) is 1. The number of aryl methyl sites for hydroxylation is 1. The fourth-order valence-corrected chi connectivity index (χ4v) is 4.47. The van der Waals surface area contributed by atoms with Crippen molar-refractivity contribution >= 4 is 23.4 Å².